The Bertz CT molecular complexity index is 969. The van der Waals surface area contributed by atoms with Crippen molar-refractivity contribution in [3.63, 3.8) is 0 Å². The van der Waals surface area contributed by atoms with Crippen LogP contribution in [0, 0.1) is 0 Å². The molecule has 0 radical (unpaired) electrons. The lowest BCUT2D eigenvalue weighted by Gasteiger charge is -2.30. The van der Waals surface area contributed by atoms with Gasteiger partial charge in [-0.2, -0.15) is 0 Å². The summed E-state index contributed by atoms with van der Waals surface area (Å²) in [5.41, 5.74) is 2.70. The van der Waals surface area contributed by atoms with Gasteiger partial charge >= 0.3 is 12.1 Å². The van der Waals surface area contributed by atoms with Gasteiger partial charge in [-0.3, -0.25) is 0 Å². The summed E-state index contributed by atoms with van der Waals surface area (Å²) in [5.74, 6) is -0.957. The molecule has 1 aliphatic heterocycles. The number of carbonyl (C=O) groups excluding carboxylic acids is 1. The van der Waals surface area contributed by atoms with E-state index in [0.29, 0.717) is 13.1 Å². The van der Waals surface area contributed by atoms with Crippen LogP contribution in [0.2, 0.25) is 0 Å². The number of benzene rings is 1. The molecule has 150 valence electrons. The summed E-state index contributed by atoms with van der Waals surface area (Å²) in [7, 11) is 0. The molecular weight excluding hydrogens is 424 g/mol. The first-order valence-electron chi connectivity index (χ1n) is 9.34. The lowest BCUT2D eigenvalue weighted by atomic mass is 10.1. The van der Waals surface area contributed by atoms with Gasteiger partial charge < -0.3 is 19.3 Å². The van der Waals surface area contributed by atoms with Crippen LogP contribution in [0.5, 0.6) is 0 Å². The van der Waals surface area contributed by atoms with Crippen LogP contribution in [0.15, 0.2) is 28.7 Å². The van der Waals surface area contributed by atoms with E-state index in [0.717, 1.165) is 39.6 Å². The Balaban J connectivity index is 1.99. The number of aryl methyl sites for hydroxylation is 1. The highest BCUT2D eigenvalue weighted by molar-refractivity contribution is 9.10. The molecule has 0 atom stereocenters. The van der Waals surface area contributed by atoms with Crippen LogP contribution in [0.25, 0.3) is 16.5 Å². The van der Waals surface area contributed by atoms with Crippen molar-refractivity contribution in [2.24, 2.45) is 0 Å². The zero-order valence-electron chi connectivity index (χ0n) is 16.6. The second kappa shape index (κ2) is 7.62. The highest BCUT2D eigenvalue weighted by atomic mass is 79.9. The fourth-order valence-corrected chi connectivity index (χ4v) is 4.18. The number of fused-ring (bicyclic) bond motifs is 1. The first-order chi connectivity index (χ1) is 13.1. The van der Waals surface area contributed by atoms with Crippen molar-refractivity contribution >= 4 is 44.5 Å². The number of hydrogen-bond donors (Lipinski definition) is 1. The highest BCUT2D eigenvalue weighted by Gasteiger charge is 2.26. The Hall–Kier alpha value is -2.28. The fraction of sp³-hybridized carbons (Fsp3) is 0.429. The molecule has 3 rings (SSSR count). The largest absolute Gasteiger partial charge is 0.478 e. The Labute approximate surface area is 172 Å². The molecule has 1 amide bonds. The quantitative estimate of drug-likeness (QED) is 0.704. The number of carboxylic acid groups (broad SMARTS) is 1. The Kier molecular flexibility index (Phi) is 5.57. The molecular formula is C21H25BrN2O4. The van der Waals surface area contributed by atoms with Gasteiger partial charge in [-0.25, -0.2) is 9.59 Å². The van der Waals surface area contributed by atoms with Crippen LogP contribution < -0.4 is 0 Å². The van der Waals surface area contributed by atoms with Crippen LogP contribution in [0.4, 0.5) is 4.79 Å². The summed E-state index contributed by atoms with van der Waals surface area (Å²) in [6.45, 7) is 9.45. The molecule has 2 heterocycles. The number of amides is 1. The number of rotatable bonds is 3. The van der Waals surface area contributed by atoms with Crippen LogP contribution in [-0.2, 0) is 11.3 Å². The van der Waals surface area contributed by atoms with Crippen LogP contribution in [0.1, 0.15) is 50.2 Å². The lowest BCUT2D eigenvalue weighted by molar-refractivity contribution is 0.0272. The highest BCUT2D eigenvalue weighted by Crippen LogP contribution is 2.33. The van der Waals surface area contributed by atoms with Gasteiger partial charge in [0.15, 0.2) is 0 Å². The van der Waals surface area contributed by atoms with Gasteiger partial charge in [0.2, 0.25) is 0 Å². The smallest absolute Gasteiger partial charge is 0.410 e. The molecule has 2 aromatic rings. The summed E-state index contributed by atoms with van der Waals surface area (Å²) >= 11 is 3.52. The molecule has 28 heavy (non-hydrogen) atoms. The minimum atomic E-state index is -0.957. The van der Waals surface area contributed by atoms with Gasteiger partial charge in [0.1, 0.15) is 5.60 Å². The van der Waals surface area contributed by atoms with Crippen molar-refractivity contribution in [1.82, 2.24) is 9.47 Å². The summed E-state index contributed by atoms with van der Waals surface area (Å²) in [6, 6.07) is 5.32. The molecule has 1 aliphatic rings. The molecule has 0 aliphatic carbocycles. The minimum absolute atomic E-state index is 0.243. The second-order valence-electron chi connectivity index (χ2n) is 7.89. The number of halogens is 1. The van der Waals surface area contributed by atoms with Gasteiger partial charge in [-0.1, -0.05) is 6.08 Å². The average molecular weight is 449 g/mol. The fourth-order valence-electron chi connectivity index (χ4n) is 3.49. The Morgan fingerprint density at radius 1 is 1.25 bits per heavy atom. The van der Waals surface area contributed by atoms with E-state index in [9.17, 15) is 14.7 Å². The maximum Gasteiger partial charge on any atom is 0.410 e. The monoisotopic (exact) mass is 448 g/mol. The van der Waals surface area contributed by atoms with Gasteiger partial charge in [0, 0.05) is 28.6 Å². The third kappa shape index (κ3) is 4.09. The molecule has 1 aromatic heterocycles. The number of carbonyl (C=O) groups is 2. The van der Waals surface area contributed by atoms with Gasteiger partial charge in [-0.05, 0) is 73.8 Å². The van der Waals surface area contributed by atoms with E-state index in [1.54, 1.807) is 17.0 Å². The Morgan fingerprint density at radius 2 is 1.96 bits per heavy atom. The van der Waals surface area contributed by atoms with Crippen molar-refractivity contribution in [3.05, 3.63) is 40.0 Å². The van der Waals surface area contributed by atoms with Gasteiger partial charge in [0.05, 0.1) is 17.6 Å². The van der Waals surface area contributed by atoms with E-state index in [1.165, 1.54) is 0 Å². The summed E-state index contributed by atoms with van der Waals surface area (Å²) in [6.07, 6.45) is 2.58. The van der Waals surface area contributed by atoms with E-state index >= 15 is 0 Å². The summed E-state index contributed by atoms with van der Waals surface area (Å²) in [5, 5.41) is 10.2. The first kappa shape index (κ1) is 20.5. The topological polar surface area (TPSA) is 71.8 Å². The van der Waals surface area contributed by atoms with Crippen LogP contribution in [-0.4, -0.2) is 45.3 Å². The minimum Gasteiger partial charge on any atom is -0.478 e. The number of aromatic carboxylic acids is 1. The number of carboxylic acids is 1. The van der Waals surface area contributed by atoms with E-state index in [4.69, 9.17) is 4.74 Å². The first-order valence-corrected chi connectivity index (χ1v) is 10.1. The van der Waals surface area contributed by atoms with Crippen LogP contribution in [0.3, 0.4) is 0 Å². The molecule has 0 fully saturated rings. The molecule has 0 bridgehead atoms. The second-order valence-corrected chi connectivity index (χ2v) is 8.75. The normalized spacial score (nSPS) is 14.9. The Morgan fingerprint density at radius 3 is 2.57 bits per heavy atom. The van der Waals surface area contributed by atoms with Crippen LogP contribution >= 0.6 is 15.9 Å². The maximum absolute atomic E-state index is 12.5. The molecule has 0 spiro atoms. The third-order valence-electron chi connectivity index (χ3n) is 4.64. The average Bonchev–Trinajstić information content (AvgIpc) is 2.99. The number of aromatic nitrogens is 1. The lowest BCUT2D eigenvalue weighted by Crippen LogP contribution is -2.39. The molecule has 7 heteroatoms. The summed E-state index contributed by atoms with van der Waals surface area (Å²) in [4.78, 5) is 25.6. The third-order valence-corrected chi connectivity index (χ3v) is 5.25. The zero-order valence-corrected chi connectivity index (χ0v) is 18.2. The van der Waals surface area contributed by atoms with E-state index in [2.05, 4.69) is 33.5 Å². The molecule has 6 nitrogen and oxygen atoms in total. The van der Waals surface area contributed by atoms with Crippen molar-refractivity contribution in [2.75, 3.05) is 13.1 Å². The molecule has 0 saturated heterocycles. The van der Waals surface area contributed by atoms with Gasteiger partial charge in [-0.15, -0.1) is 0 Å². The van der Waals surface area contributed by atoms with E-state index in [1.807, 2.05) is 26.8 Å². The molecule has 1 N–H and O–H groups in total. The summed E-state index contributed by atoms with van der Waals surface area (Å²) < 4.78 is 8.41. The SMILES string of the molecule is CCn1c(C2=CCCN(C(=O)OC(C)(C)C)C2)cc2cc(C(=O)O)cc(Br)c21. The number of nitrogens with zero attached hydrogens (tertiary/aromatic N) is 2. The van der Waals surface area contributed by atoms with Crippen molar-refractivity contribution in [3.8, 4) is 0 Å². The predicted octanol–water partition coefficient (Wildman–Crippen LogP) is 5.15. The molecule has 0 unspecified atom stereocenters. The number of hydrogen-bond acceptors (Lipinski definition) is 3. The van der Waals surface area contributed by atoms with Gasteiger partial charge in [0.25, 0.3) is 0 Å². The van der Waals surface area contributed by atoms with E-state index in [-0.39, 0.29) is 11.7 Å². The molecule has 1 aromatic carbocycles. The van der Waals surface area contributed by atoms with E-state index < -0.39 is 11.6 Å². The van der Waals surface area contributed by atoms with Crippen molar-refractivity contribution in [2.45, 2.75) is 46.3 Å². The van der Waals surface area contributed by atoms with Crippen molar-refractivity contribution in [1.29, 1.82) is 0 Å². The number of ether oxygens (including phenoxy) is 1. The zero-order chi connectivity index (χ0) is 20.6. The standard InChI is InChI=1S/C21H25BrN2O4/c1-5-24-17(11-14-9-15(19(25)26)10-16(22)18(14)24)13-7-6-8-23(12-13)20(27)28-21(2,3)4/h7,9-11H,5-6,8,12H2,1-4H3,(H,25,26). The molecule has 0 saturated carbocycles. The maximum atomic E-state index is 12.5. The predicted molar refractivity (Wildman–Crippen MR) is 113 cm³/mol. The van der Waals surface area contributed by atoms with Crippen molar-refractivity contribution < 1.29 is 19.4 Å².